The molecule has 2 fully saturated rings. The molecule has 0 aromatic rings. The van der Waals surface area contributed by atoms with Crippen LogP contribution in [0.1, 0.15) is 19.3 Å². The van der Waals surface area contributed by atoms with Crippen LogP contribution in [0.15, 0.2) is 0 Å². The highest BCUT2D eigenvalue weighted by atomic mass is 16.5. The number of nitrogens with zero attached hydrogens (tertiary/aromatic N) is 1. The number of nitrogens with one attached hydrogen (secondary N) is 1. The molecular formula is C11H18N2O4. The summed E-state index contributed by atoms with van der Waals surface area (Å²) in [6, 6.07) is -0.0846. The Hall–Kier alpha value is -1.14. The number of carboxylic acid groups (broad SMARTS) is 1. The first-order valence-electron chi connectivity index (χ1n) is 6.02. The zero-order chi connectivity index (χ0) is 12.3. The van der Waals surface area contributed by atoms with Crippen LogP contribution >= 0.6 is 0 Å². The Morgan fingerprint density at radius 3 is 2.94 bits per heavy atom. The monoisotopic (exact) mass is 242 g/mol. The molecule has 2 saturated heterocycles. The molecule has 0 aromatic heterocycles. The van der Waals surface area contributed by atoms with E-state index in [9.17, 15) is 9.59 Å². The van der Waals surface area contributed by atoms with Crippen LogP contribution in [0.5, 0.6) is 0 Å². The molecule has 2 atom stereocenters. The summed E-state index contributed by atoms with van der Waals surface area (Å²) in [6.07, 6.45) is 1.49. The van der Waals surface area contributed by atoms with Crippen molar-refractivity contribution in [2.45, 2.75) is 31.4 Å². The van der Waals surface area contributed by atoms with Crippen molar-refractivity contribution in [1.29, 1.82) is 0 Å². The molecule has 6 heteroatoms. The highest BCUT2D eigenvalue weighted by Gasteiger charge is 2.31. The van der Waals surface area contributed by atoms with Gasteiger partial charge < -0.3 is 20.1 Å². The third-order valence-corrected chi connectivity index (χ3v) is 3.21. The summed E-state index contributed by atoms with van der Waals surface area (Å²) in [7, 11) is 0. The standard InChI is InChI=1S/C11H18N2O4/c14-10(15)6-8-7-13(4-5-17-8)11(16)9-2-1-3-12-9/h8-9,12H,1-7H2,(H,14,15)/t8?,9-/m0/s1. The van der Waals surface area contributed by atoms with Crippen molar-refractivity contribution in [2.75, 3.05) is 26.2 Å². The van der Waals surface area contributed by atoms with Crippen molar-refractivity contribution in [1.82, 2.24) is 10.2 Å². The zero-order valence-electron chi connectivity index (χ0n) is 9.72. The molecule has 0 aliphatic carbocycles. The third-order valence-electron chi connectivity index (χ3n) is 3.21. The molecule has 2 aliphatic rings. The van der Waals surface area contributed by atoms with Gasteiger partial charge in [0.05, 0.1) is 25.2 Å². The number of rotatable bonds is 3. The molecule has 2 heterocycles. The van der Waals surface area contributed by atoms with Crippen LogP contribution in [0.3, 0.4) is 0 Å². The van der Waals surface area contributed by atoms with E-state index in [-0.39, 0.29) is 24.5 Å². The lowest BCUT2D eigenvalue weighted by molar-refractivity contribution is -0.148. The van der Waals surface area contributed by atoms with Crippen LogP contribution in [0.25, 0.3) is 0 Å². The van der Waals surface area contributed by atoms with Gasteiger partial charge in [-0.05, 0) is 19.4 Å². The summed E-state index contributed by atoms with van der Waals surface area (Å²) in [6.45, 7) is 2.27. The number of carbonyl (C=O) groups is 2. The van der Waals surface area contributed by atoms with Crippen LogP contribution in [0.4, 0.5) is 0 Å². The maximum absolute atomic E-state index is 12.1. The van der Waals surface area contributed by atoms with Gasteiger partial charge in [-0.1, -0.05) is 0 Å². The van der Waals surface area contributed by atoms with Gasteiger partial charge in [-0.2, -0.15) is 0 Å². The molecule has 0 radical (unpaired) electrons. The van der Waals surface area contributed by atoms with E-state index in [0.29, 0.717) is 19.7 Å². The Kier molecular flexibility index (Phi) is 3.96. The number of amides is 1. The van der Waals surface area contributed by atoms with E-state index >= 15 is 0 Å². The van der Waals surface area contributed by atoms with E-state index in [1.54, 1.807) is 4.90 Å². The van der Waals surface area contributed by atoms with E-state index in [1.165, 1.54) is 0 Å². The molecule has 0 saturated carbocycles. The summed E-state index contributed by atoms with van der Waals surface area (Å²) in [5, 5.41) is 11.9. The molecule has 1 unspecified atom stereocenters. The summed E-state index contributed by atoms with van der Waals surface area (Å²) >= 11 is 0. The number of carbonyl (C=O) groups excluding carboxylic acids is 1. The summed E-state index contributed by atoms with van der Waals surface area (Å²) < 4.78 is 5.34. The molecule has 0 bridgehead atoms. The number of hydrogen-bond donors (Lipinski definition) is 2. The topological polar surface area (TPSA) is 78.9 Å². The van der Waals surface area contributed by atoms with Gasteiger partial charge in [-0.3, -0.25) is 9.59 Å². The second-order valence-electron chi connectivity index (χ2n) is 4.52. The molecule has 2 N–H and O–H groups in total. The summed E-state index contributed by atoms with van der Waals surface area (Å²) in [5.74, 6) is -0.801. The molecular weight excluding hydrogens is 224 g/mol. The Balaban J connectivity index is 1.87. The smallest absolute Gasteiger partial charge is 0.306 e. The number of morpholine rings is 1. The van der Waals surface area contributed by atoms with Crippen LogP contribution in [0.2, 0.25) is 0 Å². The molecule has 17 heavy (non-hydrogen) atoms. The first-order valence-corrected chi connectivity index (χ1v) is 6.02. The van der Waals surface area contributed by atoms with E-state index < -0.39 is 5.97 Å². The van der Waals surface area contributed by atoms with Crippen LogP contribution in [-0.4, -0.2) is 60.3 Å². The van der Waals surface area contributed by atoms with Crippen LogP contribution < -0.4 is 5.32 Å². The molecule has 96 valence electrons. The number of hydrogen-bond acceptors (Lipinski definition) is 4. The maximum Gasteiger partial charge on any atom is 0.306 e. The lowest BCUT2D eigenvalue weighted by Gasteiger charge is -2.33. The summed E-state index contributed by atoms with van der Waals surface area (Å²) in [5.41, 5.74) is 0. The summed E-state index contributed by atoms with van der Waals surface area (Å²) in [4.78, 5) is 24.4. The van der Waals surface area contributed by atoms with E-state index in [0.717, 1.165) is 19.4 Å². The second-order valence-corrected chi connectivity index (χ2v) is 4.52. The highest BCUT2D eigenvalue weighted by molar-refractivity contribution is 5.82. The van der Waals surface area contributed by atoms with E-state index in [2.05, 4.69) is 5.32 Å². The average molecular weight is 242 g/mol. The van der Waals surface area contributed by atoms with Crippen molar-refractivity contribution in [2.24, 2.45) is 0 Å². The van der Waals surface area contributed by atoms with Crippen molar-refractivity contribution >= 4 is 11.9 Å². The number of carboxylic acids is 1. The van der Waals surface area contributed by atoms with Gasteiger partial charge >= 0.3 is 5.97 Å². The van der Waals surface area contributed by atoms with Gasteiger partial charge in [-0.25, -0.2) is 0 Å². The predicted molar refractivity (Wildman–Crippen MR) is 59.6 cm³/mol. The van der Waals surface area contributed by atoms with Crippen LogP contribution in [0, 0.1) is 0 Å². The number of aliphatic carboxylic acids is 1. The van der Waals surface area contributed by atoms with Gasteiger partial charge in [0.25, 0.3) is 0 Å². The molecule has 6 nitrogen and oxygen atoms in total. The predicted octanol–water partition coefficient (Wildman–Crippen LogP) is -0.559. The van der Waals surface area contributed by atoms with Gasteiger partial charge in [-0.15, -0.1) is 0 Å². The lowest BCUT2D eigenvalue weighted by Crippen LogP contribution is -2.51. The Morgan fingerprint density at radius 2 is 2.29 bits per heavy atom. The molecule has 2 aliphatic heterocycles. The normalized spacial score (nSPS) is 29.3. The van der Waals surface area contributed by atoms with Crippen molar-refractivity contribution < 1.29 is 19.4 Å². The minimum atomic E-state index is -0.886. The molecule has 1 amide bonds. The highest BCUT2D eigenvalue weighted by Crippen LogP contribution is 2.13. The lowest BCUT2D eigenvalue weighted by atomic mass is 10.1. The fraction of sp³-hybridized carbons (Fsp3) is 0.818. The Bertz CT molecular complexity index is 302. The first-order chi connectivity index (χ1) is 8.16. The SMILES string of the molecule is O=C(O)CC1CN(C(=O)[C@@H]2CCCN2)CCO1. The van der Waals surface area contributed by atoms with Crippen molar-refractivity contribution in [3.8, 4) is 0 Å². The third kappa shape index (κ3) is 3.17. The van der Waals surface area contributed by atoms with Gasteiger partial charge in [0.2, 0.25) is 5.91 Å². The van der Waals surface area contributed by atoms with Crippen molar-refractivity contribution in [3.63, 3.8) is 0 Å². The molecule has 0 spiro atoms. The fourth-order valence-corrected chi connectivity index (χ4v) is 2.35. The molecule has 0 aromatic carbocycles. The van der Waals surface area contributed by atoms with Gasteiger partial charge in [0.1, 0.15) is 0 Å². The average Bonchev–Trinajstić information content (AvgIpc) is 2.81. The van der Waals surface area contributed by atoms with E-state index in [1.807, 2.05) is 0 Å². The van der Waals surface area contributed by atoms with Gasteiger partial charge in [0, 0.05) is 13.1 Å². The fourth-order valence-electron chi connectivity index (χ4n) is 2.35. The number of ether oxygens (including phenoxy) is 1. The van der Waals surface area contributed by atoms with Crippen molar-refractivity contribution in [3.05, 3.63) is 0 Å². The zero-order valence-corrected chi connectivity index (χ0v) is 9.72. The largest absolute Gasteiger partial charge is 0.481 e. The Morgan fingerprint density at radius 1 is 1.47 bits per heavy atom. The maximum atomic E-state index is 12.1. The Labute approximate surface area is 99.9 Å². The first kappa shape index (κ1) is 12.3. The minimum Gasteiger partial charge on any atom is -0.481 e. The minimum absolute atomic E-state index is 0.0398. The van der Waals surface area contributed by atoms with Gasteiger partial charge in [0.15, 0.2) is 0 Å². The quantitative estimate of drug-likeness (QED) is 0.693. The van der Waals surface area contributed by atoms with E-state index in [4.69, 9.17) is 9.84 Å². The van der Waals surface area contributed by atoms with Crippen LogP contribution in [-0.2, 0) is 14.3 Å². The second kappa shape index (κ2) is 5.46. The molecule has 2 rings (SSSR count).